The SMILES string of the molecule is Cc1cc(C)n(-c2ccc(N[C@H]3C[C@@H](O)[C@@H]3n3cccn3)nn2)n1. The van der Waals surface area contributed by atoms with Gasteiger partial charge in [0, 0.05) is 18.1 Å². The van der Waals surface area contributed by atoms with Gasteiger partial charge in [0.05, 0.1) is 23.9 Å². The van der Waals surface area contributed by atoms with Gasteiger partial charge in [-0.2, -0.15) is 10.2 Å². The minimum absolute atomic E-state index is 0.0775. The number of aryl methyl sites for hydroxylation is 2. The molecule has 3 aromatic rings. The van der Waals surface area contributed by atoms with E-state index < -0.39 is 6.10 Å². The van der Waals surface area contributed by atoms with Crippen LogP contribution in [0.1, 0.15) is 23.9 Å². The Hall–Kier alpha value is -2.74. The van der Waals surface area contributed by atoms with Crippen molar-refractivity contribution in [2.24, 2.45) is 0 Å². The van der Waals surface area contributed by atoms with Gasteiger partial charge in [-0.1, -0.05) is 0 Å². The lowest BCUT2D eigenvalue weighted by Gasteiger charge is -2.42. The van der Waals surface area contributed by atoms with Gasteiger partial charge in [-0.3, -0.25) is 4.68 Å². The Labute approximate surface area is 139 Å². The Bertz CT molecular complexity index is 825. The number of hydrogen-bond donors (Lipinski definition) is 2. The third kappa shape index (κ3) is 2.54. The first-order valence-corrected chi connectivity index (χ1v) is 7.93. The predicted octanol–water partition coefficient (Wildman–Crippen LogP) is 1.26. The van der Waals surface area contributed by atoms with Crippen LogP contribution < -0.4 is 5.32 Å². The summed E-state index contributed by atoms with van der Waals surface area (Å²) in [6.07, 6.45) is 3.83. The maximum Gasteiger partial charge on any atom is 0.176 e. The van der Waals surface area contributed by atoms with E-state index in [2.05, 4.69) is 25.7 Å². The van der Waals surface area contributed by atoms with E-state index in [-0.39, 0.29) is 12.1 Å². The molecule has 0 aliphatic heterocycles. The highest BCUT2D eigenvalue weighted by Crippen LogP contribution is 2.34. The zero-order valence-electron chi connectivity index (χ0n) is 13.5. The minimum atomic E-state index is -0.399. The molecular formula is C16H19N7O. The normalized spacial score (nSPS) is 23.0. The van der Waals surface area contributed by atoms with E-state index in [0.717, 1.165) is 11.4 Å². The quantitative estimate of drug-likeness (QED) is 0.750. The minimum Gasteiger partial charge on any atom is -0.391 e. The summed E-state index contributed by atoms with van der Waals surface area (Å²) in [7, 11) is 0. The maximum atomic E-state index is 10.0. The first kappa shape index (κ1) is 14.8. The van der Waals surface area contributed by atoms with Gasteiger partial charge in [-0.15, -0.1) is 10.2 Å². The second kappa shape index (κ2) is 5.72. The molecular weight excluding hydrogens is 306 g/mol. The van der Waals surface area contributed by atoms with Gasteiger partial charge in [-0.25, -0.2) is 4.68 Å². The highest BCUT2D eigenvalue weighted by molar-refractivity contribution is 5.39. The molecule has 3 aromatic heterocycles. The van der Waals surface area contributed by atoms with Crippen molar-refractivity contribution in [3.8, 4) is 5.82 Å². The molecule has 1 saturated carbocycles. The first-order valence-electron chi connectivity index (χ1n) is 7.93. The topological polar surface area (TPSA) is 93.7 Å². The molecule has 1 fully saturated rings. The lowest BCUT2D eigenvalue weighted by molar-refractivity contribution is 0.0133. The molecule has 3 atom stereocenters. The van der Waals surface area contributed by atoms with Crippen molar-refractivity contribution in [1.82, 2.24) is 29.8 Å². The summed E-state index contributed by atoms with van der Waals surface area (Å²) in [5.41, 5.74) is 1.96. The molecule has 0 unspecified atom stereocenters. The molecule has 1 aliphatic carbocycles. The molecule has 0 amide bonds. The van der Waals surface area contributed by atoms with Gasteiger partial charge < -0.3 is 10.4 Å². The fourth-order valence-corrected chi connectivity index (χ4v) is 3.14. The van der Waals surface area contributed by atoms with E-state index in [1.165, 1.54) is 0 Å². The zero-order chi connectivity index (χ0) is 16.7. The lowest BCUT2D eigenvalue weighted by Crippen LogP contribution is -2.51. The maximum absolute atomic E-state index is 10.0. The van der Waals surface area contributed by atoms with E-state index in [1.807, 2.05) is 44.3 Å². The van der Waals surface area contributed by atoms with Crippen LogP contribution in [0.2, 0.25) is 0 Å². The average molecular weight is 325 g/mol. The van der Waals surface area contributed by atoms with Crippen molar-refractivity contribution >= 4 is 5.82 Å². The first-order chi connectivity index (χ1) is 11.6. The zero-order valence-corrected chi connectivity index (χ0v) is 13.5. The summed E-state index contributed by atoms with van der Waals surface area (Å²) in [5, 5.41) is 30.4. The molecule has 24 heavy (non-hydrogen) atoms. The molecule has 0 saturated heterocycles. The summed E-state index contributed by atoms with van der Waals surface area (Å²) in [4.78, 5) is 0. The Kier molecular flexibility index (Phi) is 3.53. The Balaban J connectivity index is 1.49. The van der Waals surface area contributed by atoms with Gasteiger partial charge in [0.15, 0.2) is 5.82 Å². The van der Waals surface area contributed by atoms with Gasteiger partial charge in [0.2, 0.25) is 0 Å². The van der Waals surface area contributed by atoms with E-state index >= 15 is 0 Å². The van der Waals surface area contributed by atoms with Crippen LogP contribution in [0.15, 0.2) is 36.7 Å². The second-order valence-electron chi connectivity index (χ2n) is 6.15. The average Bonchev–Trinajstić information content (AvgIpc) is 3.17. The Morgan fingerprint density at radius 2 is 2.12 bits per heavy atom. The Morgan fingerprint density at radius 1 is 1.25 bits per heavy atom. The fourth-order valence-electron chi connectivity index (χ4n) is 3.14. The van der Waals surface area contributed by atoms with Crippen LogP contribution in [-0.4, -0.2) is 47.0 Å². The summed E-state index contributed by atoms with van der Waals surface area (Å²) in [6, 6.07) is 7.60. The van der Waals surface area contributed by atoms with Gasteiger partial charge in [-0.05, 0) is 44.5 Å². The Morgan fingerprint density at radius 3 is 2.71 bits per heavy atom. The third-order valence-electron chi connectivity index (χ3n) is 4.34. The molecule has 0 bridgehead atoms. The van der Waals surface area contributed by atoms with Crippen molar-refractivity contribution in [2.75, 3.05) is 5.32 Å². The highest BCUT2D eigenvalue weighted by atomic mass is 16.3. The monoisotopic (exact) mass is 325 g/mol. The molecule has 8 nitrogen and oxygen atoms in total. The molecule has 124 valence electrons. The predicted molar refractivity (Wildman–Crippen MR) is 87.9 cm³/mol. The number of anilines is 1. The van der Waals surface area contributed by atoms with E-state index in [9.17, 15) is 5.11 Å². The van der Waals surface area contributed by atoms with Crippen LogP contribution >= 0.6 is 0 Å². The summed E-state index contributed by atoms with van der Waals surface area (Å²) >= 11 is 0. The number of hydrogen-bond acceptors (Lipinski definition) is 6. The van der Waals surface area contributed by atoms with E-state index in [4.69, 9.17) is 0 Å². The number of nitrogens with one attached hydrogen (secondary N) is 1. The standard InChI is InChI=1S/C16H19N7O/c1-10-8-11(2)23(21-10)15-5-4-14(19-20-15)18-12-9-13(24)16(12)22-7-3-6-17-22/h3-8,12-13,16,24H,9H2,1-2H3,(H,18,19)/t12-,13+,16+/m0/s1. The lowest BCUT2D eigenvalue weighted by atomic mass is 9.83. The van der Waals surface area contributed by atoms with Gasteiger partial charge >= 0.3 is 0 Å². The van der Waals surface area contributed by atoms with Crippen molar-refractivity contribution in [3.63, 3.8) is 0 Å². The van der Waals surface area contributed by atoms with Crippen molar-refractivity contribution in [1.29, 1.82) is 0 Å². The van der Waals surface area contributed by atoms with Crippen molar-refractivity contribution in [2.45, 2.75) is 38.5 Å². The van der Waals surface area contributed by atoms with Crippen molar-refractivity contribution < 1.29 is 5.11 Å². The highest BCUT2D eigenvalue weighted by Gasteiger charge is 2.42. The van der Waals surface area contributed by atoms with Crippen LogP contribution in [-0.2, 0) is 0 Å². The summed E-state index contributed by atoms with van der Waals surface area (Å²) in [6.45, 7) is 3.93. The van der Waals surface area contributed by atoms with Crippen LogP contribution in [0.3, 0.4) is 0 Å². The fraction of sp³-hybridized carbons (Fsp3) is 0.375. The third-order valence-corrected chi connectivity index (χ3v) is 4.34. The number of aliphatic hydroxyl groups is 1. The van der Waals surface area contributed by atoms with E-state index in [1.54, 1.807) is 15.6 Å². The number of aromatic nitrogens is 6. The molecule has 1 aliphatic rings. The number of aliphatic hydroxyl groups excluding tert-OH is 1. The smallest absolute Gasteiger partial charge is 0.176 e. The van der Waals surface area contributed by atoms with Crippen LogP contribution in [0.5, 0.6) is 0 Å². The molecule has 0 aromatic carbocycles. The summed E-state index contributed by atoms with van der Waals surface area (Å²) in [5.74, 6) is 1.36. The van der Waals surface area contributed by atoms with E-state index in [0.29, 0.717) is 18.1 Å². The number of nitrogens with zero attached hydrogens (tertiary/aromatic N) is 6. The molecule has 0 radical (unpaired) electrons. The molecule has 0 spiro atoms. The largest absolute Gasteiger partial charge is 0.391 e. The van der Waals surface area contributed by atoms with Gasteiger partial charge in [0.25, 0.3) is 0 Å². The molecule has 4 rings (SSSR count). The van der Waals surface area contributed by atoms with Crippen LogP contribution in [0, 0.1) is 13.8 Å². The van der Waals surface area contributed by atoms with Crippen LogP contribution in [0.25, 0.3) is 5.82 Å². The van der Waals surface area contributed by atoms with Gasteiger partial charge in [0.1, 0.15) is 5.82 Å². The second-order valence-corrected chi connectivity index (χ2v) is 6.15. The molecule has 3 heterocycles. The molecule has 2 N–H and O–H groups in total. The van der Waals surface area contributed by atoms with Crippen LogP contribution in [0.4, 0.5) is 5.82 Å². The molecule has 8 heteroatoms. The summed E-state index contributed by atoms with van der Waals surface area (Å²) < 4.78 is 3.55. The van der Waals surface area contributed by atoms with Crippen molar-refractivity contribution in [3.05, 3.63) is 48.0 Å². The number of rotatable bonds is 4.